The number of halogens is 1. The molecular weight excluding hydrogens is 324 g/mol. The summed E-state index contributed by atoms with van der Waals surface area (Å²) >= 11 is 3.57. The van der Waals surface area contributed by atoms with Gasteiger partial charge in [-0.05, 0) is 42.3 Å². The second kappa shape index (κ2) is 8.20. The van der Waals surface area contributed by atoms with Crippen LogP contribution < -0.4 is 10.2 Å². The van der Waals surface area contributed by atoms with Crippen LogP contribution in [0.15, 0.2) is 53.0 Å². The molecule has 0 spiro atoms. The number of rotatable bonds is 7. The van der Waals surface area contributed by atoms with Crippen molar-refractivity contribution in [2.75, 3.05) is 18.5 Å². The SMILES string of the molecule is CCCNCc1cc(Br)ccc1N(C)Cc1ccccc1. The zero-order valence-corrected chi connectivity index (χ0v) is 14.4. The number of nitrogens with zero attached hydrogens (tertiary/aromatic N) is 1. The maximum Gasteiger partial charge on any atom is 0.0426 e. The minimum atomic E-state index is 0.905. The summed E-state index contributed by atoms with van der Waals surface area (Å²) in [7, 11) is 2.15. The molecule has 112 valence electrons. The average molecular weight is 347 g/mol. The standard InChI is InChI=1S/C18H23BrN2/c1-3-11-20-13-16-12-17(19)9-10-18(16)21(2)14-15-7-5-4-6-8-15/h4-10,12,20H,3,11,13-14H2,1-2H3. The fourth-order valence-electron chi connectivity index (χ4n) is 2.41. The smallest absolute Gasteiger partial charge is 0.0426 e. The van der Waals surface area contributed by atoms with Gasteiger partial charge < -0.3 is 10.2 Å². The van der Waals surface area contributed by atoms with Gasteiger partial charge in [-0.1, -0.05) is 53.2 Å². The van der Waals surface area contributed by atoms with Gasteiger partial charge in [0.15, 0.2) is 0 Å². The molecule has 0 radical (unpaired) electrons. The molecule has 2 rings (SSSR count). The van der Waals surface area contributed by atoms with Crippen LogP contribution in [-0.2, 0) is 13.1 Å². The summed E-state index contributed by atoms with van der Waals surface area (Å²) in [6.45, 7) is 5.07. The summed E-state index contributed by atoms with van der Waals surface area (Å²) in [6, 6.07) is 17.1. The van der Waals surface area contributed by atoms with E-state index in [1.165, 1.54) is 16.8 Å². The van der Waals surface area contributed by atoms with E-state index in [-0.39, 0.29) is 0 Å². The van der Waals surface area contributed by atoms with E-state index in [0.717, 1.165) is 30.5 Å². The second-order valence-electron chi connectivity index (χ2n) is 5.29. The first-order chi connectivity index (χ1) is 10.2. The zero-order chi connectivity index (χ0) is 15.1. The van der Waals surface area contributed by atoms with Crippen LogP contribution in [0.4, 0.5) is 5.69 Å². The van der Waals surface area contributed by atoms with Crippen LogP contribution >= 0.6 is 15.9 Å². The molecule has 0 saturated heterocycles. The largest absolute Gasteiger partial charge is 0.370 e. The number of hydrogen-bond acceptors (Lipinski definition) is 2. The summed E-state index contributed by atoms with van der Waals surface area (Å²) in [5.74, 6) is 0. The normalized spacial score (nSPS) is 10.6. The maximum absolute atomic E-state index is 3.57. The molecule has 2 aromatic rings. The molecule has 0 heterocycles. The van der Waals surface area contributed by atoms with Crippen LogP contribution in [-0.4, -0.2) is 13.6 Å². The molecule has 0 fully saturated rings. The summed E-state index contributed by atoms with van der Waals surface area (Å²) < 4.78 is 1.13. The van der Waals surface area contributed by atoms with Crippen molar-refractivity contribution in [2.45, 2.75) is 26.4 Å². The predicted octanol–water partition coefficient (Wildman–Crippen LogP) is 4.59. The molecule has 3 heteroatoms. The van der Waals surface area contributed by atoms with Crippen molar-refractivity contribution in [3.63, 3.8) is 0 Å². The Morgan fingerprint density at radius 3 is 2.57 bits per heavy atom. The van der Waals surface area contributed by atoms with Crippen molar-refractivity contribution in [1.82, 2.24) is 5.32 Å². The monoisotopic (exact) mass is 346 g/mol. The van der Waals surface area contributed by atoms with Gasteiger partial charge in [0.2, 0.25) is 0 Å². The highest BCUT2D eigenvalue weighted by Crippen LogP contribution is 2.25. The van der Waals surface area contributed by atoms with Gasteiger partial charge in [0.25, 0.3) is 0 Å². The Morgan fingerprint density at radius 2 is 1.86 bits per heavy atom. The summed E-state index contributed by atoms with van der Waals surface area (Å²) in [5, 5.41) is 3.49. The van der Waals surface area contributed by atoms with Gasteiger partial charge in [0, 0.05) is 30.3 Å². The van der Waals surface area contributed by atoms with E-state index in [1.54, 1.807) is 0 Å². The van der Waals surface area contributed by atoms with Crippen LogP contribution in [0.5, 0.6) is 0 Å². The fraction of sp³-hybridized carbons (Fsp3) is 0.333. The second-order valence-corrected chi connectivity index (χ2v) is 6.21. The molecule has 21 heavy (non-hydrogen) atoms. The number of nitrogens with one attached hydrogen (secondary N) is 1. The molecule has 2 nitrogen and oxygen atoms in total. The van der Waals surface area contributed by atoms with Crippen LogP contribution in [0.3, 0.4) is 0 Å². The van der Waals surface area contributed by atoms with E-state index < -0.39 is 0 Å². The third-order valence-electron chi connectivity index (χ3n) is 3.46. The van der Waals surface area contributed by atoms with Crippen molar-refractivity contribution in [2.24, 2.45) is 0 Å². The molecule has 0 aliphatic rings. The first-order valence-electron chi connectivity index (χ1n) is 7.45. The lowest BCUT2D eigenvalue weighted by Crippen LogP contribution is -2.21. The third-order valence-corrected chi connectivity index (χ3v) is 3.95. The molecule has 0 bridgehead atoms. The summed E-state index contributed by atoms with van der Waals surface area (Å²) in [6.07, 6.45) is 1.16. The molecule has 2 aromatic carbocycles. The fourth-order valence-corrected chi connectivity index (χ4v) is 2.82. The Balaban J connectivity index is 2.13. The van der Waals surface area contributed by atoms with Crippen LogP contribution in [0.2, 0.25) is 0 Å². The minimum Gasteiger partial charge on any atom is -0.370 e. The Kier molecular flexibility index (Phi) is 6.27. The van der Waals surface area contributed by atoms with Gasteiger partial charge in [0.1, 0.15) is 0 Å². The quantitative estimate of drug-likeness (QED) is 0.738. The average Bonchev–Trinajstić information content (AvgIpc) is 2.48. The molecule has 0 aliphatic heterocycles. The van der Waals surface area contributed by atoms with Gasteiger partial charge in [-0.2, -0.15) is 0 Å². The van der Waals surface area contributed by atoms with Crippen molar-refractivity contribution in [1.29, 1.82) is 0 Å². The maximum atomic E-state index is 3.57. The first-order valence-corrected chi connectivity index (χ1v) is 8.24. The van der Waals surface area contributed by atoms with Crippen molar-refractivity contribution >= 4 is 21.6 Å². The van der Waals surface area contributed by atoms with Crippen molar-refractivity contribution < 1.29 is 0 Å². The molecule has 0 aliphatic carbocycles. The van der Waals surface area contributed by atoms with Crippen LogP contribution in [0.25, 0.3) is 0 Å². The molecular formula is C18H23BrN2. The molecule has 0 unspecified atom stereocenters. The van der Waals surface area contributed by atoms with Crippen molar-refractivity contribution in [3.05, 3.63) is 64.1 Å². The Morgan fingerprint density at radius 1 is 1.10 bits per heavy atom. The van der Waals surface area contributed by atoms with Gasteiger partial charge in [-0.15, -0.1) is 0 Å². The molecule has 0 amide bonds. The molecule has 0 saturated carbocycles. The van der Waals surface area contributed by atoms with E-state index in [0.29, 0.717) is 0 Å². The number of benzene rings is 2. The highest BCUT2D eigenvalue weighted by Gasteiger charge is 2.08. The Labute approximate surface area is 136 Å². The minimum absolute atomic E-state index is 0.905. The van der Waals surface area contributed by atoms with Gasteiger partial charge in [-0.25, -0.2) is 0 Å². The van der Waals surface area contributed by atoms with Gasteiger partial charge >= 0.3 is 0 Å². The lowest BCUT2D eigenvalue weighted by atomic mass is 10.1. The van der Waals surface area contributed by atoms with Gasteiger partial charge in [-0.3, -0.25) is 0 Å². The number of hydrogen-bond donors (Lipinski definition) is 1. The first kappa shape index (κ1) is 16.1. The Bertz CT molecular complexity index is 554. The highest BCUT2D eigenvalue weighted by molar-refractivity contribution is 9.10. The molecule has 1 N–H and O–H groups in total. The van der Waals surface area contributed by atoms with Crippen molar-refractivity contribution in [3.8, 4) is 0 Å². The topological polar surface area (TPSA) is 15.3 Å². The highest BCUT2D eigenvalue weighted by atomic mass is 79.9. The van der Waals surface area contributed by atoms with Crippen LogP contribution in [0.1, 0.15) is 24.5 Å². The van der Waals surface area contributed by atoms with Gasteiger partial charge in [0.05, 0.1) is 0 Å². The summed E-state index contributed by atoms with van der Waals surface area (Å²) in [5.41, 5.74) is 3.94. The lowest BCUT2D eigenvalue weighted by Gasteiger charge is -2.23. The van der Waals surface area contributed by atoms with E-state index in [2.05, 4.69) is 88.6 Å². The predicted molar refractivity (Wildman–Crippen MR) is 94.7 cm³/mol. The molecule has 0 atom stereocenters. The Hall–Kier alpha value is -1.32. The van der Waals surface area contributed by atoms with Crippen LogP contribution in [0, 0.1) is 0 Å². The van der Waals surface area contributed by atoms with E-state index in [9.17, 15) is 0 Å². The lowest BCUT2D eigenvalue weighted by molar-refractivity contribution is 0.673. The van der Waals surface area contributed by atoms with E-state index >= 15 is 0 Å². The van der Waals surface area contributed by atoms with E-state index in [1.807, 2.05) is 0 Å². The number of anilines is 1. The third kappa shape index (κ3) is 4.87. The van der Waals surface area contributed by atoms with E-state index in [4.69, 9.17) is 0 Å². The zero-order valence-electron chi connectivity index (χ0n) is 12.8. The summed E-state index contributed by atoms with van der Waals surface area (Å²) in [4.78, 5) is 2.31. The molecule has 0 aromatic heterocycles.